The van der Waals surface area contributed by atoms with Gasteiger partial charge in [-0.3, -0.25) is 10.1 Å². The highest BCUT2D eigenvalue weighted by Crippen LogP contribution is 2.32. The highest BCUT2D eigenvalue weighted by atomic mass is 35.5. The van der Waals surface area contributed by atoms with Gasteiger partial charge in [0.05, 0.1) is 29.8 Å². The number of hydrogen-bond acceptors (Lipinski definition) is 6. The van der Waals surface area contributed by atoms with Crippen LogP contribution in [0, 0.1) is 15.9 Å². The van der Waals surface area contributed by atoms with Crippen LogP contribution in [0.2, 0.25) is 5.02 Å². The standard InChI is InChI=1S/C10H12ClFN2O5/c11-6-1-9(14(18)19)8(2-7(6)12)13-10(3-15,4-16)5-17/h1-2,13,15-17H,3-5H2. The lowest BCUT2D eigenvalue weighted by Gasteiger charge is -2.29. The van der Waals surface area contributed by atoms with E-state index in [0.717, 1.165) is 12.1 Å². The van der Waals surface area contributed by atoms with Crippen LogP contribution < -0.4 is 5.32 Å². The molecular weight excluding hydrogens is 283 g/mol. The molecule has 1 aromatic rings. The minimum Gasteiger partial charge on any atom is -0.394 e. The number of nitrogens with one attached hydrogen (secondary N) is 1. The number of nitrogens with zero attached hydrogens (tertiary/aromatic N) is 1. The van der Waals surface area contributed by atoms with Crippen molar-refractivity contribution in [3.63, 3.8) is 0 Å². The zero-order valence-corrected chi connectivity index (χ0v) is 10.4. The van der Waals surface area contributed by atoms with Crippen LogP contribution >= 0.6 is 11.6 Å². The number of halogens is 2. The molecule has 1 rings (SSSR count). The summed E-state index contributed by atoms with van der Waals surface area (Å²) in [5.74, 6) is -0.905. The summed E-state index contributed by atoms with van der Waals surface area (Å²) >= 11 is 5.45. The van der Waals surface area contributed by atoms with Gasteiger partial charge >= 0.3 is 0 Å². The maximum atomic E-state index is 13.3. The van der Waals surface area contributed by atoms with E-state index in [9.17, 15) is 14.5 Å². The van der Waals surface area contributed by atoms with Crippen molar-refractivity contribution in [3.8, 4) is 0 Å². The Labute approximate surface area is 112 Å². The van der Waals surface area contributed by atoms with Gasteiger partial charge in [-0.25, -0.2) is 4.39 Å². The zero-order chi connectivity index (χ0) is 14.6. The van der Waals surface area contributed by atoms with Crippen LogP contribution in [0.3, 0.4) is 0 Å². The van der Waals surface area contributed by atoms with Crippen LogP contribution in [0.15, 0.2) is 12.1 Å². The Morgan fingerprint density at radius 1 is 1.32 bits per heavy atom. The number of rotatable bonds is 6. The van der Waals surface area contributed by atoms with Crippen molar-refractivity contribution in [1.82, 2.24) is 0 Å². The number of aliphatic hydroxyl groups excluding tert-OH is 3. The molecule has 0 unspecified atom stereocenters. The lowest BCUT2D eigenvalue weighted by Crippen LogP contribution is -2.49. The molecule has 0 atom stereocenters. The van der Waals surface area contributed by atoms with Crippen molar-refractivity contribution < 1.29 is 24.6 Å². The predicted molar refractivity (Wildman–Crippen MR) is 65.7 cm³/mol. The second-order valence-electron chi connectivity index (χ2n) is 3.92. The van der Waals surface area contributed by atoms with Gasteiger partial charge in [-0.1, -0.05) is 11.6 Å². The lowest BCUT2D eigenvalue weighted by atomic mass is 10.0. The maximum absolute atomic E-state index is 13.3. The SMILES string of the molecule is O=[N+]([O-])c1cc(Cl)c(F)cc1NC(CO)(CO)CO. The summed E-state index contributed by atoms with van der Waals surface area (Å²) in [5, 5.41) is 40.1. The first-order chi connectivity index (χ1) is 8.89. The van der Waals surface area contributed by atoms with E-state index >= 15 is 0 Å². The third kappa shape index (κ3) is 3.29. The Hall–Kier alpha value is -1.48. The molecule has 0 bridgehead atoms. The molecule has 0 aliphatic rings. The molecule has 0 saturated carbocycles. The highest BCUT2D eigenvalue weighted by Gasteiger charge is 2.31. The van der Waals surface area contributed by atoms with Crippen LogP contribution in [0.5, 0.6) is 0 Å². The fourth-order valence-corrected chi connectivity index (χ4v) is 1.50. The van der Waals surface area contributed by atoms with Crippen LogP contribution in [0.4, 0.5) is 15.8 Å². The molecule has 0 aliphatic carbocycles. The van der Waals surface area contributed by atoms with Gasteiger partial charge in [0.25, 0.3) is 5.69 Å². The largest absolute Gasteiger partial charge is 0.394 e. The summed E-state index contributed by atoms with van der Waals surface area (Å²) in [6, 6.07) is 1.56. The third-order valence-electron chi connectivity index (χ3n) is 2.54. The smallest absolute Gasteiger partial charge is 0.294 e. The Bertz CT molecular complexity index is 473. The first-order valence-electron chi connectivity index (χ1n) is 5.13. The molecule has 0 fully saturated rings. The van der Waals surface area contributed by atoms with Crippen molar-refractivity contribution in [2.75, 3.05) is 25.1 Å². The van der Waals surface area contributed by atoms with E-state index in [1.165, 1.54) is 0 Å². The lowest BCUT2D eigenvalue weighted by molar-refractivity contribution is -0.384. The minimum absolute atomic E-state index is 0.302. The molecule has 19 heavy (non-hydrogen) atoms. The average Bonchev–Trinajstić information content (AvgIpc) is 2.39. The van der Waals surface area contributed by atoms with Gasteiger partial charge in [0.1, 0.15) is 17.0 Å². The Morgan fingerprint density at radius 2 is 1.84 bits per heavy atom. The highest BCUT2D eigenvalue weighted by molar-refractivity contribution is 6.31. The quantitative estimate of drug-likeness (QED) is 0.449. The first-order valence-corrected chi connectivity index (χ1v) is 5.51. The van der Waals surface area contributed by atoms with Gasteiger partial charge in [-0.2, -0.15) is 0 Å². The topological polar surface area (TPSA) is 116 Å². The summed E-state index contributed by atoms with van der Waals surface area (Å²) < 4.78 is 13.3. The van der Waals surface area contributed by atoms with E-state index in [4.69, 9.17) is 26.9 Å². The zero-order valence-electron chi connectivity index (χ0n) is 9.64. The number of benzene rings is 1. The molecule has 1 aromatic carbocycles. The monoisotopic (exact) mass is 294 g/mol. The van der Waals surface area contributed by atoms with Gasteiger partial charge in [0.15, 0.2) is 0 Å². The molecule has 0 aromatic heterocycles. The van der Waals surface area contributed by atoms with Crippen LogP contribution in [0.1, 0.15) is 0 Å². The normalized spacial score (nSPS) is 11.4. The van der Waals surface area contributed by atoms with Crippen LogP contribution in [-0.2, 0) is 0 Å². The number of anilines is 1. The molecule has 0 saturated heterocycles. The third-order valence-corrected chi connectivity index (χ3v) is 2.83. The summed E-state index contributed by atoms with van der Waals surface area (Å²) in [7, 11) is 0. The second kappa shape index (κ2) is 6.11. The Balaban J connectivity index is 3.26. The summed E-state index contributed by atoms with van der Waals surface area (Å²) in [4.78, 5) is 10.0. The van der Waals surface area contributed by atoms with Crippen molar-refractivity contribution in [2.24, 2.45) is 0 Å². The minimum atomic E-state index is -1.61. The molecule has 7 nitrogen and oxygen atoms in total. The van der Waals surface area contributed by atoms with Crippen molar-refractivity contribution >= 4 is 23.0 Å². The molecule has 9 heteroatoms. The average molecular weight is 295 g/mol. The van der Waals surface area contributed by atoms with E-state index in [1.807, 2.05) is 0 Å². The van der Waals surface area contributed by atoms with Gasteiger partial charge in [-0.15, -0.1) is 0 Å². The van der Waals surface area contributed by atoms with E-state index < -0.39 is 46.8 Å². The predicted octanol–water partition coefficient (Wildman–Crippen LogP) is 0.515. The van der Waals surface area contributed by atoms with Gasteiger partial charge < -0.3 is 20.6 Å². The van der Waals surface area contributed by atoms with Crippen LogP contribution in [0.25, 0.3) is 0 Å². The molecule has 0 spiro atoms. The molecule has 0 radical (unpaired) electrons. The molecule has 106 valence electrons. The van der Waals surface area contributed by atoms with Gasteiger partial charge in [-0.05, 0) is 0 Å². The van der Waals surface area contributed by atoms with Gasteiger partial charge in [0, 0.05) is 12.1 Å². The fraction of sp³-hybridized carbons (Fsp3) is 0.400. The number of hydrogen-bond donors (Lipinski definition) is 4. The van der Waals surface area contributed by atoms with E-state index in [1.54, 1.807) is 0 Å². The summed E-state index contributed by atoms with van der Waals surface area (Å²) in [5.41, 5.74) is -2.44. The summed E-state index contributed by atoms with van der Waals surface area (Å²) in [6.45, 7) is -2.12. The fourth-order valence-electron chi connectivity index (χ4n) is 1.34. The Kier molecular flexibility index (Phi) is 5.01. The van der Waals surface area contributed by atoms with E-state index in [0.29, 0.717) is 0 Å². The van der Waals surface area contributed by atoms with Crippen LogP contribution in [-0.4, -0.2) is 45.6 Å². The maximum Gasteiger partial charge on any atom is 0.294 e. The number of aliphatic hydroxyl groups is 3. The Morgan fingerprint density at radius 3 is 2.26 bits per heavy atom. The molecular formula is C10H12ClFN2O5. The van der Waals surface area contributed by atoms with Crippen molar-refractivity contribution in [1.29, 1.82) is 0 Å². The van der Waals surface area contributed by atoms with Crippen molar-refractivity contribution in [2.45, 2.75) is 5.54 Å². The molecule has 0 heterocycles. The van der Waals surface area contributed by atoms with Gasteiger partial charge in [0.2, 0.25) is 0 Å². The number of nitro groups is 1. The molecule has 0 amide bonds. The number of nitro benzene ring substituents is 1. The van der Waals surface area contributed by atoms with Crippen molar-refractivity contribution in [3.05, 3.63) is 33.1 Å². The summed E-state index contributed by atoms with van der Waals surface area (Å²) in [6.07, 6.45) is 0. The molecule has 0 aliphatic heterocycles. The second-order valence-corrected chi connectivity index (χ2v) is 4.33. The van der Waals surface area contributed by atoms with E-state index in [2.05, 4.69) is 5.32 Å². The van der Waals surface area contributed by atoms with E-state index in [-0.39, 0.29) is 5.69 Å². The molecule has 4 N–H and O–H groups in total. The first kappa shape index (κ1) is 15.6.